The Morgan fingerprint density at radius 3 is 2.14 bits per heavy atom. The van der Waals surface area contributed by atoms with Crippen molar-refractivity contribution in [3.8, 4) is 17.2 Å². The first-order valence-corrected chi connectivity index (χ1v) is 11.9. The van der Waals surface area contributed by atoms with Crippen molar-refractivity contribution in [1.82, 2.24) is 4.90 Å². The molecule has 0 N–H and O–H groups in total. The predicted molar refractivity (Wildman–Crippen MR) is 137 cm³/mol. The van der Waals surface area contributed by atoms with Gasteiger partial charge in [0.15, 0.2) is 11.5 Å². The maximum atomic E-state index is 12.1. The van der Waals surface area contributed by atoms with E-state index in [0.717, 1.165) is 41.0 Å². The number of halogens is 2. The molecule has 2 aromatic rings. The lowest BCUT2D eigenvalue weighted by Crippen LogP contribution is -2.31. The Morgan fingerprint density at radius 2 is 1.64 bits per heavy atom. The average Bonchev–Trinajstić information content (AvgIpc) is 2.89. The molecule has 0 aliphatic rings. The molecule has 0 spiro atoms. The number of imide groups is 1. The smallest absolute Gasteiger partial charge is 0.272 e. The third-order valence-electron chi connectivity index (χ3n) is 5.65. The van der Waals surface area contributed by atoms with Crippen molar-refractivity contribution in [3.63, 3.8) is 0 Å². The number of alkyl halides is 2. The molecule has 0 heterocycles. The van der Waals surface area contributed by atoms with E-state index in [1.807, 2.05) is 19.1 Å². The van der Waals surface area contributed by atoms with Gasteiger partial charge in [0.25, 0.3) is 6.43 Å². The fraction of sp³-hybridized carbons (Fsp3) is 0.481. The van der Waals surface area contributed by atoms with E-state index in [9.17, 15) is 18.4 Å². The van der Waals surface area contributed by atoms with Crippen LogP contribution in [-0.2, 0) is 16.1 Å². The third kappa shape index (κ3) is 9.71. The van der Waals surface area contributed by atoms with E-state index >= 15 is 0 Å². The second-order valence-corrected chi connectivity index (χ2v) is 8.18. The lowest BCUT2D eigenvalue weighted by Gasteiger charge is -2.30. The molecule has 1 atom stereocenters. The van der Waals surface area contributed by atoms with Gasteiger partial charge in [-0.15, -0.1) is 0 Å². The number of anilines is 1. The second-order valence-electron chi connectivity index (χ2n) is 8.18. The summed E-state index contributed by atoms with van der Waals surface area (Å²) in [4.78, 5) is 24.2. The Labute approximate surface area is 212 Å². The first-order chi connectivity index (χ1) is 17.2. The first kappa shape index (κ1) is 30.7. The van der Waals surface area contributed by atoms with E-state index in [1.54, 1.807) is 31.4 Å². The van der Waals surface area contributed by atoms with Gasteiger partial charge in [-0.25, -0.2) is 8.78 Å². The molecule has 0 saturated heterocycles. The lowest BCUT2D eigenvalue weighted by molar-refractivity contribution is -0.129. The molecule has 36 heavy (non-hydrogen) atoms. The van der Waals surface area contributed by atoms with Gasteiger partial charge < -0.3 is 19.1 Å². The molecule has 0 bridgehead atoms. The van der Waals surface area contributed by atoms with Crippen LogP contribution in [0.25, 0.3) is 0 Å². The van der Waals surface area contributed by atoms with E-state index in [1.165, 1.54) is 7.11 Å². The topological polar surface area (TPSA) is 68.3 Å². The second kappa shape index (κ2) is 16.3. The number of hydrogen-bond acceptors (Lipinski definition) is 6. The highest BCUT2D eigenvalue weighted by atomic mass is 19.3. The Bertz CT molecular complexity index is 934. The van der Waals surface area contributed by atoms with Gasteiger partial charge in [-0.05, 0) is 61.2 Å². The van der Waals surface area contributed by atoms with Crippen LogP contribution in [0.3, 0.4) is 0 Å². The van der Waals surface area contributed by atoms with Crippen molar-refractivity contribution in [3.05, 3.63) is 47.5 Å². The van der Waals surface area contributed by atoms with Crippen molar-refractivity contribution in [2.75, 3.05) is 32.8 Å². The number of nitrogens with zero attached hydrogens (tertiary/aromatic N) is 2. The monoisotopic (exact) mass is 508 g/mol. The molecule has 0 radical (unpaired) electrons. The Balaban J connectivity index is 0.000000369. The average molecular weight is 509 g/mol. The minimum atomic E-state index is -2.44. The summed E-state index contributed by atoms with van der Waals surface area (Å²) in [5.41, 5.74) is 2.97. The number of ether oxygens (including phenoxy) is 3. The molecule has 9 heteroatoms. The summed E-state index contributed by atoms with van der Waals surface area (Å²) in [7, 11) is 5.16. The molecule has 0 fully saturated rings. The highest BCUT2D eigenvalue weighted by molar-refractivity contribution is 5.68. The zero-order chi connectivity index (χ0) is 27.1. The molecule has 0 aliphatic carbocycles. The molecule has 2 amide bonds. The minimum Gasteiger partial charge on any atom is -0.493 e. The number of methoxy groups -OCH3 is 2. The van der Waals surface area contributed by atoms with Crippen LogP contribution < -0.4 is 19.1 Å². The highest BCUT2D eigenvalue weighted by Crippen LogP contribution is 2.28. The van der Waals surface area contributed by atoms with Crippen LogP contribution in [0.5, 0.6) is 17.2 Å². The highest BCUT2D eigenvalue weighted by Gasteiger charge is 2.15. The molecule has 0 saturated carbocycles. The van der Waals surface area contributed by atoms with Crippen molar-refractivity contribution in [1.29, 1.82) is 0 Å². The van der Waals surface area contributed by atoms with Crippen LogP contribution in [-0.4, -0.2) is 58.1 Å². The quantitative estimate of drug-likeness (QED) is 0.315. The Kier molecular flexibility index (Phi) is 13.9. The van der Waals surface area contributed by atoms with Crippen LogP contribution in [0.15, 0.2) is 36.4 Å². The molecular weight excluding hydrogens is 470 g/mol. The SMILES string of the molecule is CCCC(CC)N(C)c1ccc(OCC(F)F)cc1C.COc1ccc(CN(C=O)C=O)cc1OC. The van der Waals surface area contributed by atoms with Gasteiger partial charge in [0, 0.05) is 18.8 Å². The Morgan fingerprint density at radius 1 is 0.972 bits per heavy atom. The van der Waals surface area contributed by atoms with Crippen LogP contribution in [0, 0.1) is 6.92 Å². The van der Waals surface area contributed by atoms with Gasteiger partial charge in [0.05, 0.1) is 20.8 Å². The number of aryl methyl sites for hydroxylation is 1. The summed E-state index contributed by atoms with van der Waals surface area (Å²) >= 11 is 0. The van der Waals surface area contributed by atoms with Gasteiger partial charge in [0.1, 0.15) is 12.4 Å². The predicted octanol–water partition coefficient (Wildman–Crippen LogP) is 5.47. The van der Waals surface area contributed by atoms with Crippen molar-refractivity contribution in [2.45, 2.75) is 59.0 Å². The van der Waals surface area contributed by atoms with Crippen LogP contribution in [0.1, 0.15) is 44.2 Å². The van der Waals surface area contributed by atoms with E-state index in [4.69, 9.17) is 14.2 Å². The van der Waals surface area contributed by atoms with E-state index in [0.29, 0.717) is 36.1 Å². The van der Waals surface area contributed by atoms with Crippen LogP contribution in [0.4, 0.5) is 14.5 Å². The summed E-state index contributed by atoms with van der Waals surface area (Å²) in [5.74, 6) is 1.68. The summed E-state index contributed by atoms with van der Waals surface area (Å²) in [6.07, 6.45) is 1.90. The van der Waals surface area contributed by atoms with Crippen LogP contribution >= 0.6 is 0 Å². The van der Waals surface area contributed by atoms with Gasteiger partial charge >= 0.3 is 0 Å². The van der Waals surface area contributed by atoms with Crippen molar-refractivity contribution in [2.24, 2.45) is 0 Å². The normalized spacial score (nSPS) is 11.1. The molecular formula is C27H38F2N2O5. The van der Waals surface area contributed by atoms with Gasteiger partial charge in [-0.1, -0.05) is 26.3 Å². The largest absolute Gasteiger partial charge is 0.493 e. The maximum absolute atomic E-state index is 12.1. The zero-order valence-corrected chi connectivity index (χ0v) is 22.0. The maximum Gasteiger partial charge on any atom is 0.272 e. The van der Waals surface area contributed by atoms with Crippen molar-refractivity contribution >= 4 is 18.5 Å². The first-order valence-electron chi connectivity index (χ1n) is 11.9. The lowest BCUT2D eigenvalue weighted by atomic mass is 10.1. The molecule has 0 aliphatic heterocycles. The van der Waals surface area contributed by atoms with Crippen LogP contribution in [0.2, 0.25) is 0 Å². The number of benzene rings is 2. The summed E-state index contributed by atoms with van der Waals surface area (Å²) in [5, 5.41) is 0. The van der Waals surface area contributed by atoms with E-state index < -0.39 is 13.0 Å². The van der Waals surface area contributed by atoms with E-state index in [-0.39, 0.29) is 6.54 Å². The fourth-order valence-corrected chi connectivity index (χ4v) is 3.76. The number of rotatable bonds is 14. The minimum absolute atomic E-state index is 0.216. The zero-order valence-electron chi connectivity index (χ0n) is 22.0. The molecule has 200 valence electrons. The number of carbonyl (C=O) groups excluding carboxylic acids is 2. The number of hydrogen-bond donors (Lipinski definition) is 0. The summed E-state index contributed by atoms with van der Waals surface area (Å²) < 4.78 is 39.5. The van der Waals surface area contributed by atoms with E-state index in [2.05, 4.69) is 25.8 Å². The molecule has 0 aromatic heterocycles. The summed E-state index contributed by atoms with van der Waals surface area (Å²) in [6.45, 7) is 6.02. The van der Waals surface area contributed by atoms with Gasteiger partial charge in [-0.3, -0.25) is 14.5 Å². The van der Waals surface area contributed by atoms with Gasteiger partial charge in [-0.2, -0.15) is 0 Å². The third-order valence-corrected chi connectivity index (χ3v) is 5.65. The number of carbonyl (C=O) groups is 2. The Hall–Kier alpha value is -3.36. The van der Waals surface area contributed by atoms with Gasteiger partial charge in [0.2, 0.25) is 12.8 Å². The molecule has 7 nitrogen and oxygen atoms in total. The standard InChI is InChI=1S/C16H25F2NO.C11H13NO4/c1-5-7-13(6-2)19(4)15-9-8-14(10-12(15)3)20-11-16(17)18;1-15-10-4-3-9(5-11(10)16-2)6-12(7-13)8-14/h8-10,13,16H,5-7,11H2,1-4H3;3-5,7-8H,6H2,1-2H3. The molecule has 2 rings (SSSR count). The molecule has 1 unspecified atom stereocenters. The fourth-order valence-electron chi connectivity index (χ4n) is 3.76. The summed E-state index contributed by atoms with van der Waals surface area (Å²) in [6, 6.07) is 11.3. The number of amides is 2. The molecule has 2 aromatic carbocycles. The van der Waals surface area contributed by atoms with Crippen molar-refractivity contribution < 1.29 is 32.6 Å².